The number of hydrogen-bond acceptors (Lipinski definition) is 3. The zero-order valence-corrected chi connectivity index (χ0v) is 10.8. The minimum Gasteiger partial charge on any atom is -0.481 e. The second-order valence-electron chi connectivity index (χ2n) is 5.21. The van der Waals surface area contributed by atoms with Crippen molar-refractivity contribution in [2.45, 2.75) is 38.6 Å². The molecule has 1 saturated heterocycles. The van der Waals surface area contributed by atoms with Gasteiger partial charge in [0.15, 0.2) is 0 Å². The summed E-state index contributed by atoms with van der Waals surface area (Å²) in [5, 5.41) is 11.7. The van der Waals surface area contributed by atoms with E-state index < -0.39 is 11.5 Å². The van der Waals surface area contributed by atoms with Crippen LogP contribution in [0, 0.1) is 5.92 Å². The third-order valence-electron chi connectivity index (χ3n) is 3.52. The molecule has 0 unspecified atom stereocenters. The predicted molar refractivity (Wildman–Crippen MR) is 64.7 cm³/mol. The molecule has 0 aromatic carbocycles. The molecule has 0 atom stereocenters. The summed E-state index contributed by atoms with van der Waals surface area (Å²) in [6, 6.07) is 0. The van der Waals surface area contributed by atoms with Crippen molar-refractivity contribution in [3.63, 3.8) is 0 Å². The van der Waals surface area contributed by atoms with Crippen LogP contribution in [0.2, 0.25) is 0 Å². The Morgan fingerprint density at radius 1 is 1.35 bits per heavy atom. The van der Waals surface area contributed by atoms with Crippen molar-refractivity contribution in [2.75, 3.05) is 20.1 Å². The van der Waals surface area contributed by atoms with Crippen molar-refractivity contribution >= 4 is 11.9 Å². The Morgan fingerprint density at radius 3 is 2.29 bits per heavy atom. The van der Waals surface area contributed by atoms with Gasteiger partial charge in [0.1, 0.15) is 0 Å². The molecule has 1 aliphatic heterocycles. The topological polar surface area (TPSA) is 69.6 Å². The smallest absolute Gasteiger partial charge is 0.303 e. The molecule has 1 fully saturated rings. The number of aliphatic carboxylic acids is 1. The summed E-state index contributed by atoms with van der Waals surface area (Å²) in [6.07, 6.45) is 1.80. The summed E-state index contributed by atoms with van der Waals surface area (Å²) >= 11 is 0. The molecule has 0 aliphatic carbocycles. The highest BCUT2D eigenvalue weighted by atomic mass is 16.4. The Labute approximate surface area is 102 Å². The third-order valence-corrected chi connectivity index (χ3v) is 3.52. The molecule has 0 bridgehead atoms. The fourth-order valence-corrected chi connectivity index (χ4v) is 2.09. The van der Waals surface area contributed by atoms with Crippen molar-refractivity contribution in [1.29, 1.82) is 0 Å². The average Bonchev–Trinajstić information content (AvgIpc) is 2.28. The first-order valence-electron chi connectivity index (χ1n) is 6.07. The van der Waals surface area contributed by atoms with Crippen LogP contribution in [-0.2, 0) is 9.59 Å². The number of nitrogens with one attached hydrogen (secondary N) is 1. The van der Waals surface area contributed by atoms with Crippen LogP contribution >= 0.6 is 0 Å². The molecule has 2 N–H and O–H groups in total. The quantitative estimate of drug-likeness (QED) is 0.761. The van der Waals surface area contributed by atoms with Gasteiger partial charge in [-0.15, -0.1) is 0 Å². The van der Waals surface area contributed by atoms with E-state index in [2.05, 4.69) is 5.32 Å². The molecular weight excluding hydrogens is 220 g/mol. The third kappa shape index (κ3) is 3.70. The minimum atomic E-state index is -0.745. The molecule has 1 aliphatic rings. The van der Waals surface area contributed by atoms with Gasteiger partial charge in [-0.1, -0.05) is 0 Å². The van der Waals surface area contributed by atoms with Gasteiger partial charge in [-0.2, -0.15) is 0 Å². The van der Waals surface area contributed by atoms with Crippen molar-refractivity contribution < 1.29 is 14.7 Å². The maximum atomic E-state index is 12.1. The average molecular weight is 242 g/mol. The summed E-state index contributed by atoms with van der Waals surface area (Å²) in [6.45, 7) is 5.06. The fraction of sp³-hybridized carbons (Fsp3) is 0.833. The zero-order chi connectivity index (χ0) is 13.1. The number of amides is 1. The minimum absolute atomic E-state index is 0.0915. The van der Waals surface area contributed by atoms with E-state index in [9.17, 15) is 9.59 Å². The largest absolute Gasteiger partial charge is 0.481 e. The fourth-order valence-electron chi connectivity index (χ4n) is 2.09. The van der Waals surface area contributed by atoms with E-state index in [1.807, 2.05) is 18.7 Å². The number of nitrogens with zero attached hydrogens (tertiary/aromatic N) is 1. The van der Waals surface area contributed by atoms with Gasteiger partial charge in [-0.25, -0.2) is 0 Å². The number of piperidine rings is 1. The first kappa shape index (κ1) is 14.0. The molecule has 98 valence electrons. The lowest BCUT2D eigenvalue weighted by Gasteiger charge is -2.36. The van der Waals surface area contributed by atoms with Gasteiger partial charge in [0.25, 0.3) is 0 Å². The number of carboxylic acid groups (broad SMARTS) is 1. The molecule has 1 rings (SSSR count). The normalized spacial score (nSPS) is 18.2. The van der Waals surface area contributed by atoms with Crippen LogP contribution in [0.5, 0.6) is 0 Å². The van der Waals surface area contributed by atoms with Crippen molar-refractivity contribution in [2.24, 2.45) is 5.92 Å². The van der Waals surface area contributed by atoms with Gasteiger partial charge >= 0.3 is 5.97 Å². The Morgan fingerprint density at radius 2 is 1.88 bits per heavy atom. The van der Waals surface area contributed by atoms with Crippen LogP contribution in [0.1, 0.15) is 33.1 Å². The number of carbonyl (C=O) groups is 2. The molecule has 17 heavy (non-hydrogen) atoms. The number of rotatable bonds is 4. The van der Waals surface area contributed by atoms with Gasteiger partial charge in [-0.05, 0) is 39.7 Å². The van der Waals surface area contributed by atoms with E-state index in [-0.39, 0.29) is 18.2 Å². The lowest BCUT2D eigenvalue weighted by molar-refractivity contribution is -0.140. The molecule has 0 radical (unpaired) electrons. The number of likely N-dealkylation sites (tertiary alicyclic amines) is 1. The molecule has 1 heterocycles. The summed E-state index contributed by atoms with van der Waals surface area (Å²) in [7, 11) is 1.77. The Kier molecular flexibility index (Phi) is 4.51. The molecule has 5 nitrogen and oxygen atoms in total. The summed E-state index contributed by atoms with van der Waals surface area (Å²) in [4.78, 5) is 24.6. The molecular formula is C12H22N2O3. The standard InChI is InChI=1S/C12H22N2O3/c1-12(2,13-3)11(17)14-6-4-9(5-7-14)8-10(15)16/h9,13H,4-8H2,1-3H3,(H,15,16). The summed E-state index contributed by atoms with van der Waals surface area (Å²) in [5.41, 5.74) is -0.542. The Balaban J connectivity index is 2.47. The van der Waals surface area contributed by atoms with E-state index in [0.717, 1.165) is 12.8 Å². The van der Waals surface area contributed by atoms with Crippen LogP contribution in [0.15, 0.2) is 0 Å². The van der Waals surface area contributed by atoms with E-state index >= 15 is 0 Å². The first-order valence-corrected chi connectivity index (χ1v) is 6.07. The molecule has 5 heteroatoms. The van der Waals surface area contributed by atoms with E-state index in [4.69, 9.17) is 5.11 Å². The van der Waals surface area contributed by atoms with Gasteiger partial charge in [0, 0.05) is 19.5 Å². The van der Waals surface area contributed by atoms with Crippen LogP contribution in [0.4, 0.5) is 0 Å². The van der Waals surface area contributed by atoms with Gasteiger partial charge in [-0.3, -0.25) is 9.59 Å². The monoisotopic (exact) mass is 242 g/mol. The summed E-state index contributed by atoms with van der Waals surface area (Å²) < 4.78 is 0. The molecule has 0 aromatic rings. The lowest BCUT2D eigenvalue weighted by Crippen LogP contribution is -2.54. The van der Waals surface area contributed by atoms with Gasteiger partial charge in [0.2, 0.25) is 5.91 Å². The second-order valence-corrected chi connectivity index (χ2v) is 5.21. The number of hydrogen-bond donors (Lipinski definition) is 2. The molecule has 1 amide bonds. The van der Waals surface area contributed by atoms with Crippen LogP contribution in [-0.4, -0.2) is 47.6 Å². The van der Waals surface area contributed by atoms with Gasteiger partial charge in [0.05, 0.1) is 5.54 Å². The number of carboxylic acids is 1. The van der Waals surface area contributed by atoms with E-state index in [1.54, 1.807) is 7.05 Å². The van der Waals surface area contributed by atoms with Crippen molar-refractivity contribution in [3.8, 4) is 0 Å². The first-order chi connectivity index (χ1) is 7.86. The number of likely N-dealkylation sites (N-methyl/N-ethyl adjacent to an activating group) is 1. The van der Waals surface area contributed by atoms with Gasteiger partial charge < -0.3 is 15.3 Å². The Hall–Kier alpha value is -1.10. The molecule has 0 aromatic heterocycles. The Bertz CT molecular complexity index is 294. The van der Waals surface area contributed by atoms with Crippen molar-refractivity contribution in [3.05, 3.63) is 0 Å². The van der Waals surface area contributed by atoms with Crippen LogP contribution in [0.3, 0.4) is 0 Å². The highest BCUT2D eigenvalue weighted by Gasteiger charge is 2.32. The highest BCUT2D eigenvalue weighted by molar-refractivity contribution is 5.85. The van der Waals surface area contributed by atoms with Crippen LogP contribution < -0.4 is 5.32 Å². The molecule has 0 spiro atoms. The van der Waals surface area contributed by atoms with E-state index in [0.29, 0.717) is 13.1 Å². The van der Waals surface area contributed by atoms with E-state index in [1.165, 1.54) is 0 Å². The maximum Gasteiger partial charge on any atom is 0.303 e. The number of carbonyl (C=O) groups excluding carboxylic acids is 1. The summed E-state index contributed by atoms with van der Waals surface area (Å²) in [5.74, 6) is -0.437. The lowest BCUT2D eigenvalue weighted by atomic mass is 9.92. The SMILES string of the molecule is CNC(C)(C)C(=O)N1CCC(CC(=O)O)CC1. The van der Waals surface area contributed by atoms with Crippen molar-refractivity contribution in [1.82, 2.24) is 10.2 Å². The molecule has 0 saturated carbocycles. The second kappa shape index (κ2) is 5.49. The van der Waals surface area contributed by atoms with Crippen LogP contribution in [0.25, 0.3) is 0 Å². The highest BCUT2D eigenvalue weighted by Crippen LogP contribution is 2.22. The maximum absolute atomic E-state index is 12.1. The predicted octanol–water partition coefficient (Wildman–Crippen LogP) is 0.698. The zero-order valence-electron chi connectivity index (χ0n) is 10.8.